The largest absolute Gasteiger partial charge is 0.444 e. The van der Waals surface area contributed by atoms with Crippen LogP contribution in [-0.4, -0.2) is 36.3 Å². The van der Waals surface area contributed by atoms with Crippen molar-refractivity contribution >= 4 is 12.0 Å². The maximum absolute atomic E-state index is 11.6. The Hall–Kier alpha value is -2.12. The van der Waals surface area contributed by atoms with Gasteiger partial charge in [-0.05, 0) is 58.1 Å². The molecule has 0 radical (unpaired) electrons. The number of nitrogens with one attached hydrogen (secondary N) is 1. The molecule has 0 unspecified atom stereocenters. The van der Waals surface area contributed by atoms with Crippen LogP contribution in [-0.2, 0) is 27.3 Å². The molecule has 7 nitrogen and oxygen atoms in total. The Kier molecular flexibility index (Phi) is 9.96. The fraction of sp³-hybridized carbons (Fsp3) is 0.619. The topological polar surface area (TPSA) is 117 Å². The molecular weight excluding hydrogens is 358 g/mol. The van der Waals surface area contributed by atoms with Crippen LogP contribution in [0.2, 0.25) is 0 Å². The minimum Gasteiger partial charge on any atom is -0.444 e. The van der Waals surface area contributed by atoms with Crippen LogP contribution in [0.4, 0.5) is 4.79 Å². The van der Waals surface area contributed by atoms with Crippen LogP contribution in [0.1, 0.15) is 58.1 Å². The number of hydrogen-bond acceptors (Lipinski definition) is 5. The van der Waals surface area contributed by atoms with E-state index in [1.165, 1.54) is 5.56 Å². The summed E-state index contributed by atoms with van der Waals surface area (Å²) >= 11 is 0. The van der Waals surface area contributed by atoms with E-state index in [-0.39, 0.29) is 30.6 Å². The number of hydrogen-bond donors (Lipinski definition) is 3. The van der Waals surface area contributed by atoms with Gasteiger partial charge in [0.2, 0.25) is 5.91 Å². The van der Waals surface area contributed by atoms with Crippen molar-refractivity contribution in [2.75, 3.05) is 6.54 Å². The average molecular weight is 394 g/mol. The summed E-state index contributed by atoms with van der Waals surface area (Å²) in [6.45, 7) is 8.46. The quantitative estimate of drug-likeness (QED) is 0.500. The van der Waals surface area contributed by atoms with Gasteiger partial charge in [-0.2, -0.15) is 0 Å². The maximum atomic E-state index is 11.6. The van der Waals surface area contributed by atoms with Crippen LogP contribution < -0.4 is 16.8 Å². The van der Waals surface area contributed by atoms with Crippen molar-refractivity contribution in [3.8, 4) is 0 Å². The van der Waals surface area contributed by atoms with E-state index in [0.717, 1.165) is 18.4 Å². The van der Waals surface area contributed by atoms with Crippen molar-refractivity contribution < 1.29 is 19.1 Å². The highest BCUT2D eigenvalue weighted by Crippen LogP contribution is 2.11. The zero-order valence-electron chi connectivity index (χ0n) is 17.5. The van der Waals surface area contributed by atoms with Crippen LogP contribution in [0.25, 0.3) is 0 Å². The van der Waals surface area contributed by atoms with E-state index >= 15 is 0 Å². The third kappa shape index (κ3) is 10.9. The minimum absolute atomic E-state index is 0.155. The highest BCUT2D eigenvalue weighted by atomic mass is 16.6. The van der Waals surface area contributed by atoms with E-state index in [4.69, 9.17) is 20.9 Å². The molecule has 2 amide bonds. The van der Waals surface area contributed by atoms with Crippen LogP contribution >= 0.6 is 0 Å². The molecule has 0 bridgehead atoms. The molecule has 158 valence electrons. The highest BCUT2D eigenvalue weighted by molar-refractivity contribution is 5.73. The zero-order chi connectivity index (χ0) is 21.2. The van der Waals surface area contributed by atoms with E-state index in [1.807, 2.05) is 39.8 Å². The predicted octanol–water partition coefficient (Wildman–Crippen LogP) is 2.64. The summed E-state index contributed by atoms with van der Waals surface area (Å²) in [5.41, 5.74) is 12.9. The molecule has 0 spiro atoms. The van der Waals surface area contributed by atoms with Crippen molar-refractivity contribution in [3.05, 3.63) is 35.4 Å². The lowest BCUT2D eigenvalue weighted by Gasteiger charge is -2.20. The Morgan fingerprint density at radius 2 is 1.75 bits per heavy atom. The Labute approximate surface area is 168 Å². The van der Waals surface area contributed by atoms with Gasteiger partial charge in [0.1, 0.15) is 5.60 Å². The number of benzene rings is 1. The summed E-state index contributed by atoms with van der Waals surface area (Å²) in [7, 11) is 0. The van der Waals surface area contributed by atoms with Gasteiger partial charge >= 0.3 is 6.09 Å². The summed E-state index contributed by atoms with van der Waals surface area (Å²) in [5, 5.41) is 2.76. The van der Waals surface area contributed by atoms with Crippen molar-refractivity contribution in [3.63, 3.8) is 0 Å². The lowest BCUT2D eigenvalue weighted by atomic mass is 10.1. The Morgan fingerprint density at radius 1 is 1.14 bits per heavy atom. The van der Waals surface area contributed by atoms with Gasteiger partial charge in [0.25, 0.3) is 0 Å². The van der Waals surface area contributed by atoms with E-state index < -0.39 is 5.60 Å². The molecule has 0 aliphatic rings. The van der Waals surface area contributed by atoms with Gasteiger partial charge in [-0.25, -0.2) is 4.79 Å². The Morgan fingerprint density at radius 3 is 2.32 bits per heavy atom. The second kappa shape index (κ2) is 11.7. The normalized spacial score (nSPS) is 13.6. The van der Waals surface area contributed by atoms with E-state index in [9.17, 15) is 9.59 Å². The van der Waals surface area contributed by atoms with Crippen molar-refractivity contribution in [1.82, 2.24) is 5.32 Å². The first-order valence-corrected chi connectivity index (χ1v) is 9.77. The standard InChI is InChI=1S/C21H35N3O4/c1-15(18(22)11-12-19(23)25)27-14-17-9-7-16(8-10-17)6-5-13-24-20(26)28-21(2,3)4/h7-10,15,18H,5-6,11-14,22H2,1-4H3,(H2,23,25)(H,24,26)/t15-,18+/m1/s1. The third-order valence-corrected chi connectivity index (χ3v) is 4.17. The van der Waals surface area contributed by atoms with Crippen molar-refractivity contribution in [2.24, 2.45) is 11.5 Å². The number of aryl methyl sites for hydroxylation is 1. The van der Waals surface area contributed by atoms with Gasteiger partial charge in [-0.3, -0.25) is 4.79 Å². The monoisotopic (exact) mass is 393 g/mol. The molecule has 7 heteroatoms. The first-order chi connectivity index (χ1) is 13.1. The van der Waals surface area contributed by atoms with Crippen LogP contribution in [0, 0.1) is 0 Å². The lowest BCUT2D eigenvalue weighted by molar-refractivity contribution is -0.118. The molecule has 0 aliphatic heterocycles. The second-order valence-corrected chi connectivity index (χ2v) is 8.03. The van der Waals surface area contributed by atoms with Gasteiger partial charge < -0.3 is 26.3 Å². The minimum atomic E-state index is -0.481. The first kappa shape index (κ1) is 23.9. The zero-order valence-corrected chi connectivity index (χ0v) is 17.5. The molecule has 1 rings (SSSR count). The van der Waals surface area contributed by atoms with Gasteiger partial charge in [0.15, 0.2) is 0 Å². The third-order valence-electron chi connectivity index (χ3n) is 4.17. The molecule has 0 aromatic heterocycles. The molecule has 0 saturated heterocycles. The lowest BCUT2D eigenvalue weighted by Crippen LogP contribution is -2.35. The van der Waals surface area contributed by atoms with Crippen molar-refractivity contribution in [1.29, 1.82) is 0 Å². The van der Waals surface area contributed by atoms with Crippen LogP contribution in [0.15, 0.2) is 24.3 Å². The molecule has 2 atom stereocenters. The SMILES string of the molecule is C[C@@H](OCc1ccc(CCCNC(=O)OC(C)(C)C)cc1)[C@@H](N)CCC(N)=O. The van der Waals surface area contributed by atoms with E-state index in [0.29, 0.717) is 19.6 Å². The maximum Gasteiger partial charge on any atom is 0.407 e. The van der Waals surface area contributed by atoms with E-state index in [2.05, 4.69) is 17.4 Å². The predicted molar refractivity (Wildman–Crippen MR) is 110 cm³/mol. The first-order valence-electron chi connectivity index (χ1n) is 9.77. The molecule has 5 N–H and O–H groups in total. The Balaban J connectivity index is 2.28. The van der Waals surface area contributed by atoms with Gasteiger partial charge in [-0.1, -0.05) is 24.3 Å². The molecule has 1 aromatic rings. The number of alkyl carbamates (subject to hydrolysis) is 1. The van der Waals surface area contributed by atoms with Crippen LogP contribution in [0.5, 0.6) is 0 Å². The number of rotatable bonds is 11. The number of amides is 2. The average Bonchev–Trinajstić information content (AvgIpc) is 2.60. The summed E-state index contributed by atoms with van der Waals surface area (Å²) < 4.78 is 11.0. The van der Waals surface area contributed by atoms with Gasteiger partial charge in [0, 0.05) is 19.0 Å². The highest BCUT2D eigenvalue weighted by Gasteiger charge is 2.15. The number of carbonyl (C=O) groups excluding carboxylic acids is 2. The molecule has 28 heavy (non-hydrogen) atoms. The summed E-state index contributed by atoms with van der Waals surface area (Å²) in [4.78, 5) is 22.4. The Bertz CT molecular complexity index is 611. The van der Waals surface area contributed by atoms with Crippen molar-refractivity contribution in [2.45, 2.75) is 77.7 Å². The summed E-state index contributed by atoms with van der Waals surface area (Å²) in [6, 6.07) is 7.95. The molecular formula is C21H35N3O4. The second-order valence-electron chi connectivity index (χ2n) is 8.03. The summed E-state index contributed by atoms with van der Waals surface area (Å²) in [5.74, 6) is -0.348. The van der Waals surface area contributed by atoms with Gasteiger partial charge in [-0.15, -0.1) is 0 Å². The van der Waals surface area contributed by atoms with Crippen LogP contribution in [0.3, 0.4) is 0 Å². The smallest absolute Gasteiger partial charge is 0.407 e. The molecule has 0 saturated carbocycles. The summed E-state index contributed by atoms with van der Waals surface area (Å²) in [6.07, 6.45) is 1.95. The molecule has 0 aliphatic carbocycles. The van der Waals surface area contributed by atoms with Gasteiger partial charge in [0.05, 0.1) is 12.7 Å². The number of ether oxygens (including phenoxy) is 2. The number of nitrogens with two attached hydrogens (primary N) is 2. The fourth-order valence-electron chi connectivity index (χ4n) is 2.49. The molecule has 0 heterocycles. The molecule has 1 aromatic carbocycles. The molecule has 0 fully saturated rings. The number of carbonyl (C=O) groups is 2. The van der Waals surface area contributed by atoms with E-state index in [1.54, 1.807) is 0 Å². The fourth-order valence-corrected chi connectivity index (χ4v) is 2.49. The number of primary amides is 1.